The lowest BCUT2D eigenvalue weighted by atomic mass is 10.1. The monoisotopic (exact) mass is 417 g/mol. The third kappa shape index (κ3) is 5.42. The maximum Gasteiger partial charge on any atom is 0.243 e. The van der Waals surface area contributed by atoms with Gasteiger partial charge >= 0.3 is 0 Å². The van der Waals surface area contributed by atoms with Gasteiger partial charge in [0.05, 0.1) is 24.2 Å². The van der Waals surface area contributed by atoms with Gasteiger partial charge in [0.15, 0.2) is 0 Å². The number of carbonyl (C=O) groups is 1. The van der Waals surface area contributed by atoms with Gasteiger partial charge in [-0.05, 0) is 43.7 Å². The molecule has 1 fully saturated rings. The van der Waals surface area contributed by atoms with Gasteiger partial charge in [0.2, 0.25) is 15.9 Å². The number of rotatable bonds is 7. The summed E-state index contributed by atoms with van der Waals surface area (Å²) in [5.74, 6) is -0.184. The maximum atomic E-state index is 12.7. The molecule has 1 saturated heterocycles. The van der Waals surface area contributed by atoms with Crippen LogP contribution in [0.3, 0.4) is 0 Å². The van der Waals surface area contributed by atoms with Gasteiger partial charge in [-0.2, -0.15) is 4.31 Å². The molecular weight excluding hydrogens is 390 g/mol. The van der Waals surface area contributed by atoms with Crippen LogP contribution in [0.5, 0.6) is 0 Å². The predicted molar refractivity (Wildman–Crippen MR) is 112 cm³/mol. The number of nitrogens with zero attached hydrogens (tertiary/aromatic N) is 1. The molecule has 156 valence electrons. The van der Waals surface area contributed by atoms with Crippen molar-refractivity contribution in [3.8, 4) is 0 Å². The summed E-state index contributed by atoms with van der Waals surface area (Å²) >= 11 is 0. The summed E-state index contributed by atoms with van der Waals surface area (Å²) in [5, 5.41) is 6.10. The van der Waals surface area contributed by atoms with E-state index in [1.54, 1.807) is 19.1 Å². The third-order valence-corrected chi connectivity index (χ3v) is 6.84. The van der Waals surface area contributed by atoms with Crippen molar-refractivity contribution in [2.45, 2.75) is 30.8 Å². The molecule has 1 aliphatic rings. The third-order valence-electron chi connectivity index (χ3n) is 4.92. The minimum Gasteiger partial charge on any atom is -0.379 e. The van der Waals surface area contributed by atoms with E-state index in [0.717, 1.165) is 5.56 Å². The second-order valence-electron chi connectivity index (χ2n) is 7.05. The first-order chi connectivity index (χ1) is 13.9. The van der Waals surface area contributed by atoms with E-state index in [-0.39, 0.29) is 16.8 Å². The van der Waals surface area contributed by atoms with Gasteiger partial charge in [-0.1, -0.05) is 30.3 Å². The van der Waals surface area contributed by atoms with Gasteiger partial charge in [-0.15, -0.1) is 0 Å². The smallest absolute Gasteiger partial charge is 0.243 e. The van der Waals surface area contributed by atoms with Crippen molar-refractivity contribution in [3.63, 3.8) is 0 Å². The van der Waals surface area contributed by atoms with E-state index in [2.05, 4.69) is 10.6 Å². The van der Waals surface area contributed by atoms with Crippen molar-refractivity contribution in [2.75, 3.05) is 31.6 Å². The first-order valence-electron chi connectivity index (χ1n) is 9.68. The van der Waals surface area contributed by atoms with Crippen molar-refractivity contribution in [3.05, 3.63) is 60.2 Å². The lowest BCUT2D eigenvalue weighted by molar-refractivity contribution is -0.117. The van der Waals surface area contributed by atoms with Gasteiger partial charge < -0.3 is 10.1 Å². The molecule has 0 aliphatic carbocycles. The average molecular weight is 418 g/mol. The second-order valence-corrected chi connectivity index (χ2v) is 8.99. The summed E-state index contributed by atoms with van der Waals surface area (Å²) in [5.41, 5.74) is 1.65. The van der Waals surface area contributed by atoms with Crippen LogP contribution in [0, 0.1) is 0 Å². The molecule has 8 heteroatoms. The quantitative estimate of drug-likeness (QED) is 0.722. The molecule has 29 heavy (non-hydrogen) atoms. The number of ether oxygens (including phenoxy) is 1. The molecule has 0 unspecified atom stereocenters. The largest absolute Gasteiger partial charge is 0.379 e. The van der Waals surface area contributed by atoms with Gasteiger partial charge in [0, 0.05) is 24.8 Å². The standard InChI is InChI=1S/C21H27N3O4S/c1-16(18-6-4-3-5-7-18)22-17(2)21(25)23-19-8-10-20(11-9-19)29(26,27)24-12-14-28-15-13-24/h3-11,16-17,22H,12-15H2,1-2H3,(H,23,25)/t16-,17+/m1/s1. The summed E-state index contributed by atoms with van der Waals surface area (Å²) in [6, 6.07) is 15.8. The Bertz CT molecular complexity index is 911. The van der Waals surface area contributed by atoms with Crippen molar-refractivity contribution >= 4 is 21.6 Å². The van der Waals surface area contributed by atoms with Crippen molar-refractivity contribution < 1.29 is 17.9 Å². The molecule has 2 aromatic carbocycles. The molecule has 1 aliphatic heterocycles. The minimum absolute atomic E-state index is 0.0259. The molecule has 0 aromatic heterocycles. The van der Waals surface area contributed by atoms with Crippen LogP contribution in [0.1, 0.15) is 25.5 Å². The summed E-state index contributed by atoms with van der Waals surface area (Å²) < 4.78 is 31.9. The van der Waals surface area contributed by atoms with Crippen molar-refractivity contribution in [1.82, 2.24) is 9.62 Å². The summed E-state index contributed by atoms with van der Waals surface area (Å²) in [6.07, 6.45) is 0. The Morgan fingerprint density at radius 3 is 2.24 bits per heavy atom. The maximum absolute atomic E-state index is 12.7. The Balaban J connectivity index is 1.59. The number of sulfonamides is 1. The molecule has 7 nitrogen and oxygen atoms in total. The molecular formula is C21H27N3O4S. The zero-order valence-corrected chi connectivity index (χ0v) is 17.5. The molecule has 0 saturated carbocycles. The molecule has 1 amide bonds. The zero-order valence-electron chi connectivity index (χ0n) is 16.7. The van der Waals surface area contributed by atoms with Crippen LogP contribution in [-0.4, -0.2) is 51.0 Å². The number of amides is 1. The van der Waals surface area contributed by atoms with Gasteiger partial charge in [0.25, 0.3) is 0 Å². The molecule has 1 heterocycles. The normalized spacial score (nSPS) is 17.4. The van der Waals surface area contributed by atoms with Gasteiger partial charge in [-0.3, -0.25) is 10.1 Å². The molecule has 0 spiro atoms. The highest BCUT2D eigenvalue weighted by molar-refractivity contribution is 7.89. The van der Waals surface area contributed by atoms with E-state index >= 15 is 0 Å². The highest BCUT2D eigenvalue weighted by atomic mass is 32.2. The SMILES string of the molecule is C[C@H](N[C@H](C)c1ccccc1)C(=O)Nc1ccc(S(=O)(=O)N2CCOCC2)cc1. The Morgan fingerprint density at radius 2 is 1.62 bits per heavy atom. The Kier molecular flexibility index (Phi) is 7.02. The fraction of sp³-hybridized carbons (Fsp3) is 0.381. The number of benzene rings is 2. The average Bonchev–Trinajstić information content (AvgIpc) is 2.75. The van der Waals surface area contributed by atoms with Crippen LogP contribution in [-0.2, 0) is 19.6 Å². The molecule has 3 rings (SSSR count). The number of nitrogens with one attached hydrogen (secondary N) is 2. The Labute approximate surface area is 172 Å². The molecule has 2 aromatic rings. The Morgan fingerprint density at radius 1 is 1.00 bits per heavy atom. The van der Waals surface area contributed by atoms with Crippen LogP contribution in [0.2, 0.25) is 0 Å². The van der Waals surface area contributed by atoms with E-state index in [4.69, 9.17) is 4.74 Å². The molecule has 2 N–H and O–H groups in total. The van der Waals surface area contributed by atoms with Gasteiger partial charge in [-0.25, -0.2) is 8.42 Å². The zero-order chi connectivity index (χ0) is 20.9. The van der Waals surface area contributed by atoms with E-state index < -0.39 is 16.1 Å². The summed E-state index contributed by atoms with van der Waals surface area (Å²) in [7, 11) is -3.54. The van der Waals surface area contributed by atoms with Gasteiger partial charge in [0.1, 0.15) is 0 Å². The van der Waals surface area contributed by atoms with E-state index in [1.807, 2.05) is 37.3 Å². The number of carbonyl (C=O) groups excluding carboxylic acids is 1. The number of hydrogen-bond donors (Lipinski definition) is 2. The molecule has 0 bridgehead atoms. The Hall–Kier alpha value is -2.26. The summed E-state index contributed by atoms with van der Waals surface area (Å²) in [6.45, 7) is 5.31. The van der Waals surface area contributed by atoms with Crippen LogP contribution < -0.4 is 10.6 Å². The first-order valence-corrected chi connectivity index (χ1v) is 11.1. The number of hydrogen-bond acceptors (Lipinski definition) is 5. The summed E-state index contributed by atoms with van der Waals surface area (Å²) in [4.78, 5) is 12.7. The van der Waals surface area contributed by atoms with Crippen molar-refractivity contribution in [2.24, 2.45) is 0 Å². The van der Waals surface area contributed by atoms with Crippen LogP contribution in [0.15, 0.2) is 59.5 Å². The first kappa shape index (κ1) is 21.4. The lowest BCUT2D eigenvalue weighted by Gasteiger charge is -2.26. The molecule has 2 atom stereocenters. The minimum atomic E-state index is -3.54. The van der Waals surface area contributed by atoms with Crippen LogP contribution in [0.25, 0.3) is 0 Å². The lowest BCUT2D eigenvalue weighted by Crippen LogP contribution is -2.40. The predicted octanol–water partition coefficient (Wildman–Crippen LogP) is 2.39. The number of morpholine rings is 1. The van der Waals surface area contributed by atoms with Crippen LogP contribution in [0.4, 0.5) is 5.69 Å². The van der Waals surface area contributed by atoms with Crippen LogP contribution >= 0.6 is 0 Å². The van der Waals surface area contributed by atoms with E-state index in [9.17, 15) is 13.2 Å². The highest BCUT2D eigenvalue weighted by Gasteiger charge is 2.26. The van der Waals surface area contributed by atoms with Crippen molar-refractivity contribution in [1.29, 1.82) is 0 Å². The van der Waals surface area contributed by atoms with E-state index in [0.29, 0.717) is 32.0 Å². The fourth-order valence-electron chi connectivity index (χ4n) is 3.19. The number of anilines is 1. The highest BCUT2D eigenvalue weighted by Crippen LogP contribution is 2.20. The molecule has 0 radical (unpaired) electrons. The second kappa shape index (κ2) is 9.49. The fourth-order valence-corrected chi connectivity index (χ4v) is 4.59. The van der Waals surface area contributed by atoms with E-state index in [1.165, 1.54) is 16.4 Å². The topological polar surface area (TPSA) is 87.7 Å².